The molecular formula is C27H33FN2O4S. The van der Waals surface area contributed by atoms with Gasteiger partial charge in [0.25, 0.3) is 0 Å². The van der Waals surface area contributed by atoms with Gasteiger partial charge >= 0.3 is 5.97 Å². The highest BCUT2D eigenvalue weighted by atomic mass is 32.2. The van der Waals surface area contributed by atoms with Crippen LogP contribution in [-0.4, -0.2) is 48.2 Å². The van der Waals surface area contributed by atoms with Crippen LogP contribution in [0.15, 0.2) is 60.6 Å². The highest BCUT2D eigenvalue weighted by molar-refractivity contribution is 8.14. The molecule has 1 aliphatic heterocycles. The molecule has 0 aliphatic carbocycles. The van der Waals surface area contributed by atoms with Gasteiger partial charge in [0.2, 0.25) is 0 Å². The lowest BCUT2D eigenvalue weighted by Crippen LogP contribution is -2.12. The average molecular weight is 501 g/mol. The number of nitrogens with one attached hydrogen (secondary N) is 1. The number of hydrogen-bond acceptors (Lipinski definition) is 6. The number of rotatable bonds is 12. The third-order valence-corrected chi connectivity index (χ3v) is 6.17. The molecule has 0 amide bonds. The van der Waals surface area contributed by atoms with E-state index in [9.17, 15) is 9.18 Å². The van der Waals surface area contributed by atoms with E-state index < -0.39 is 5.97 Å². The zero-order valence-corrected chi connectivity index (χ0v) is 21.1. The quantitative estimate of drug-likeness (QED) is 0.344. The van der Waals surface area contributed by atoms with Crippen molar-refractivity contribution in [1.82, 2.24) is 0 Å². The maximum Gasteiger partial charge on any atom is 0.303 e. The van der Waals surface area contributed by atoms with E-state index in [4.69, 9.17) is 19.6 Å². The van der Waals surface area contributed by atoms with Crippen molar-refractivity contribution in [3.05, 3.63) is 72.6 Å². The Morgan fingerprint density at radius 1 is 1.29 bits per heavy atom. The van der Waals surface area contributed by atoms with Crippen molar-refractivity contribution < 1.29 is 23.8 Å². The number of methoxy groups -OCH3 is 1. The number of aliphatic imine (C=N–C) groups is 1. The van der Waals surface area contributed by atoms with Crippen LogP contribution in [-0.2, 0) is 11.2 Å². The molecular weight excluding hydrogens is 467 g/mol. The normalized spacial score (nSPS) is 14.3. The number of thioether (sulfide) groups is 1. The van der Waals surface area contributed by atoms with Gasteiger partial charge in [0.1, 0.15) is 17.5 Å². The van der Waals surface area contributed by atoms with Gasteiger partial charge in [-0.25, -0.2) is 4.39 Å². The molecule has 1 unspecified atom stereocenters. The smallest absolute Gasteiger partial charge is 0.303 e. The fourth-order valence-corrected chi connectivity index (χ4v) is 4.19. The zero-order valence-electron chi connectivity index (χ0n) is 20.3. The summed E-state index contributed by atoms with van der Waals surface area (Å²) in [5.74, 6) is 1.34. The minimum Gasteiger partial charge on any atom is -0.493 e. The largest absolute Gasteiger partial charge is 0.493 e. The van der Waals surface area contributed by atoms with E-state index in [1.807, 2.05) is 24.3 Å². The molecule has 0 spiro atoms. The van der Waals surface area contributed by atoms with Gasteiger partial charge in [0.15, 0.2) is 11.5 Å². The maximum atomic E-state index is 13.5. The molecule has 0 saturated heterocycles. The highest BCUT2D eigenvalue weighted by Gasteiger charge is 2.19. The number of allylic oxidation sites excluding steroid dienone is 1. The van der Waals surface area contributed by atoms with Gasteiger partial charge in [-0.2, -0.15) is 0 Å². The van der Waals surface area contributed by atoms with Gasteiger partial charge in [-0.1, -0.05) is 37.8 Å². The first-order valence-corrected chi connectivity index (χ1v) is 12.4. The summed E-state index contributed by atoms with van der Waals surface area (Å²) in [6.07, 6.45) is 5.46. The fourth-order valence-electron chi connectivity index (χ4n) is 3.19. The highest BCUT2D eigenvalue weighted by Crippen LogP contribution is 2.29. The summed E-state index contributed by atoms with van der Waals surface area (Å²) >= 11 is 1.72. The van der Waals surface area contributed by atoms with Gasteiger partial charge in [-0.3, -0.25) is 9.79 Å². The van der Waals surface area contributed by atoms with Crippen LogP contribution in [0.4, 0.5) is 10.1 Å². The molecule has 2 aromatic rings. The number of carboxylic acids is 1. The molecule has 1 atom stereocenters. The summed E-state index contributed by atoms with van der Waals surface area (Å²) in [4.78, 5) is 14.1. The first-order valence-electron chi connectivity index (χ1n) is 11.4. The number of ether oxygens (including phenoxy) is 2. The number of hydrogen-bond donors (Lipinski definition) is 2. The predicted octanol–water partition coefficient (Wildman–Crippen LogP) is 6.08. The molecule has 0 fully saturated rings. The van der Waals surface area contributed by atoms with Crippen molar-refractivity contribution in [3.63, 3.8) is 0 Å². The fraction of sp³-hybridized carbons (Fsp3) is 0.333. The molecule has 188 valence electrons. The van der Waals surface area contributed by atoms with E-state index in [1.54, 1.807) is 37.9 Å². The van der Waals surface area contributed by atoms with Crippen LogP contribution >= 0.6 is 11.8 Å². The molecule has 3 rings (SSSR count). The Morgan fingerprint density at radius 3 is 2.71 bits per heavy atom. The minimum atomic E-state index is -0.745. The summed E-state index contributed by atoms with van der Waals surface area (Å²) in [5.41, 5.74) is 2.78. The number of carboxylic acid groups (broad SMARTS) is 1. The average Bonchev–Trinajstić information content (AvgIpc) is 3.31. The third-order valence-electron chi connectivity index (χ3n) is 5.06. The van der Waals surface area contributed by atoms with E-state index in [1.165, 1.54) is 12.1 Å². The molecule has 1 heterocycles. The van der Waals surface area contributed by atoms with Crippen LogP contribution in [0.2, 0.25) is 0 Å². The van der Waals surface area contributed by atoms with Gasteiger partial charge in [-0.15, -0.1) is 18.3 Å². The number of benzene rings is 2. The monoisotopic (exact) mass is 500 g/mol. The molecule has 0 saturated carbocycles. The Kier molecular flexibility index (Phi) is 11.9. The molecule has 2 aromatic carbocycles. The SMILES string of the molecule is C=CCc1ccc(OCC2=NC(CCNc3cc(F)ccc3C=C)CS2)c(OC)c1.CCC(=O)O. The molecule has 2 N–H and O–H groups in total. The first kappa shape index (κ1) is 28.0. The Hall–Kier alpha value is -3.26. The second-order valence-corrected chi connectivity index (χ2v) is 8.75. The predicted molar refractivity (Wildman–Crippen MR) is 144 cm³/mol. The molecule has 8 heteroatoms. The lowest BCUT2D eigenvalue weighted by atomic mass is 10.1. The molecule has 6 nitrogen and oxygen atoms in total. The van der Waals surface area contributed by atoms with E-state index in [2.05, 4.69) is 18.5 Å². The second kappa shape index (κ2) is 14.9. The topological polar surface area (TPSA) is 80.1 Å². The summed E-state index contributed by atoms with van der Waals surface area (Å²) in [7, 11) is 1.64. The summed E-state index contributed by atoms with van der Waals surface area (Å²) in [6, 6.07) is 10.8. The standard InChI is InChI=1S/C24H27FN2O2S.C3H6O2/c1-4-6-17-7-10-22(23(13-17)28-3)29-15-24-27-20(16-30-24)11-12-26-21-14-19(25)9-8-18(21)5-2;1-2-3(4)5/h4-5,7-10,13-14,20,26H,1-2,6,11-12,15-16H2,3H3;2H2,1H3,(H,4,5). The van der Waals surface area contributed by atoms with E-state index in [0.717, 1.165) is 40.5 Å². The summed E-state index contributed by atoms with van der Waals surface area (Å²) < 4.78 is 24.9. The number of anilines is 1. The Morgan fingerprint density at radius 2 is 2.06 bits per heavy atom. The van der Waals surface area contributed by atoms with Gasteiger partial charge in [0.05, 0.1) is 13.2 Å². The van der Waals surface area contributed by atoms with Crippen LogP contribution < -0.4 is 14.8 Å². The Bertz CT molecular complexity index is 1040. The maximum absolute atomic E-state index is 13.5. The Balaban J connectivity index is 0.000000784. The van der Waals surface area contributed by atoms with Crippen molar-refractivity contribution >= 4 is 34.5 Å². The number of halogens is 1. The first-order chi connectivity index (χ1) is 16.9. The molecule has 1 aliphatic rings. The van der Waals surface area contributed by atoms with E-state index in [-0.39, 0.29) is 18.3 Å². The van der Waals surface area contributed by atoms with Gasteiger partial charge < -0.3 is 19.9 Å². The van der Waals surface area contributed by atoms with E-state index >= 15 is 0 Å². The minimum absolute atomic E-state index is 0.221. The van der Waals surface area contributed by atoms with Gasteiger partial charge in [-0.05, 0) is 48.2 Å². The molecule has 35 heavy (non-hydrogen) atoms. The van der Waals surface area contributed by atoms with Crippen molar-refractivity contribution in [2.75, 3.05) is 31.3 Å². The number of nitrogens with zero attached hydrogens (tertiary/aromatic N) is 1. The zero-order chi connectivity index (χ0) is 25.6. The van der Waals surface area contributed by atoms with Crippen LogP contribution in [0.5, 0.6) is 11.5 Å². The van der Waals surface area contributed by atoms with Crippen molar-refractivity contribution in [1.29, 1.82) is 0 Å². The van der Waals surface area contributed by atoms with Crippen molar-refractivity contribution in [3.8, 4) is 11.5 Å². The van der Waals surface area contributed by atoms with Crippen LogP contribution in [0, 0.1) is 5.82 Å². The van der Waals surface area contributed by atoms with Crippen molar-refractivity contribution in [2.24, 2.45) is 4.99 Å². The summed E-state index contributed by atoms with van der Waals surface area (Å²) in [5, 5.41) is 12.0. The lowest BCUT2D eigenvalue weighted by molar-refractivity contribution is -0.136. The van der Waals surface area contributed by atoms with Crippen LogP contribution in [0.3, 0.4) is 0 Å². The van der Waals surface area contributed by atoms with Gasteiger partial charge in [0, 0.05) is 24.4 Å². The molecule has 0 radical (unpaired) electrons. The summed E-state index contributed by atoms with van der Waals surface area (Å²) in [6.45, 7) is 10.3. The van der Waals surface area contributed by atoms with Crippen molar-refractivity contribution in [2.45, 2.75) is 32.2 Å². The second-order valence-electron chi connectivity index (χ2n) is 7.65. The number of aliphatic carboxylic acids is 1. The van der Waals surface area contributed by atoms with Crippen LogP contribution in [0.25, 0.3) is 6.08 Å². The third kappa shape index (κ3) is 9.48. The molecule has 0 aromatic heterocycles. The lowest BCUT2D eigenvalue weighted by Gasteiger charge is -2.12. The van der Waals surface area contributed by atoms with Crippen LogP contribution in [0.1, 0.15) is 30.9 Å². The Labute approximate surface area is 211 Å². The molecule has 0 bridgehead atoms. The van der Waals surface area contributed by atoms with E-state index in [0.29, 0.717) is 24.7 Å². The number of carbonyl (C=O) groups is 1.